The molecule has 0 atom stereocenters. The maximum Gasteiger partial charge on any atom is 0.219 e. The number of carbonyl (C=O) groups is 1. The summed E-state index contributed by atoms with van der Waals surface area (Å²) in [6, 6.07) is 0. The highest BCUT2D eigenvalue weighted by Crippen LogP contribution is 2.13. The molecule has 1 amide bonds. The van der Waals surface area contributed by atoms with Gasteiger partial charge in [-0.2, -0.15) is 5.10 Å². The fraction of sp³-hybridized carbons (Fsp3) is 0.429. The number of aromatic nitrogens is 2. The summed E-state index contributed by atoms with van der Waals surface area (Å²) >= 11 is 5.75. The Balaban J connectivity index is 2.63. The van der Waals surface area contributed by atoms with Crippen LogP contribution in [-0.4, -0.2) is 15.7 Å². The number of rotatable bonds is 3. The summed E-state index contributed by atoms with van der Waals surface area (Å²) in [4.78, 5) is 10.4. The van der Waals surface area contributed by atoms with Crippen LogP contribution in [0.25, 0.3) is 0 Å². The van der Waals surface area contributed by atoms with Gasteiger partial charge in [0.05, 0.1) is 16.9 Å². The van der Waals surface area contributed by atoms with Crippen molar-refractivity contribution in [1.29, 1.82) is 0 Å². The molecule has 1 heterocycles. The Bertz CT molecular complexity index is 295. The first kappa shape index (κ1) is 9.06. The lowest BCUT2D eigenvalue weighted by atomic mass is 10.4. The van der Waals surface area contributed by atoms with Gasteiger partial charge in [-0.05, 0) is 6.92 Å². The van der Waals surface area contributed by atoms with E-state index in [9.17, 15) is 4.79 Å². The van der Waals surface area contributed by atoms with Crippen LogP contribution in [0.5, 0.6) is 0 Å². The van der Waals surface area contributed by atoms with Gasteiger partial charge in [0.15, 0.2) is 0 Å². The normalized spacial score (nSPS) is 10.2. The zero-order valence-corrected chi connectivity index (χ0v) is 7.51. The van der Waals surface area contributed by atoms with E-state index in [-0.39, 0.29) is 5.91 Å². The summed E-state index contributed by atoms with van der Waals surface area (Å²) in [7, 11) is 0. The van der Waals surface area contributed by atoms with E-state index in [1.54, 1.807) is 10.9 Å². The van der Waals surface area contributed by atoms with Crippen molar-refractivity contribution in [3.8, 4) is 0 Å². The zero-order chi connectivity index (χ0) is 9.14. The first-order valence-corrected chi connectivity index (χ1v) is 3.95. The highest BCUT2D eigenvalue weighted by atomic mass is 35.5. The number of hydrogen-bond acceptors (Lipinski definition) is 2. The van der Waals surface area contributed by atoms with Crippen molar-refractivity contribution in [3.05, 3.63) is 16.9 Å². The van der Waals surface area contributed by atoms with Gasteiger partial charge >= 0.3 is 0 Å². The molecule has 0 aromatic carbocycles. The highest BCUT2D eigenvalue weighted by Gasteiger charge is 2.03. The summed E-state index contributed by atoms with van der Waals surface area (Å²) in [5, 5.41) is 4.57. The van der Waals surface area contributed by atoms with E-state index in [1.165, 1.54) is 0 Å². The maximum atomic E-state index is 10.4. The first-order valence-electron chi connectivity index (χ1n) is 3.57. The van der Waals surface area contributed by atoms with Gasteiger partial charge in [-0.3, -0.25) is 9.48 Å². The van der Waals surface area contributed by atoms with Crippen molar-refractivity contribution in [2.24, 2.45) is 5.73 Å². The molecule has 0 saturated heterocycles. The molecule has 0 aliphatic heterocycles. The minimum absolute atomic E-state index is 0.291. The van der Waals surface area contributed by atoms with Crippen LogP contribution < -0.4 is 5.73 Å². The molecule has 2 N–H and O–H groups in total. The lowest BCUT2D eigenvalue weighted by Crippen LogP contribution is -2.15. The van der Waals surface area contributed by atoms with E-state index in [0.29, 0.717) is 18.0 Å². The van der Waals surface area contributed by atoms with Gasteiger partial charge < -0.3 is 5.73 Å². The standard InChI is InChI=1S/C7H10ClN3O/c1-5-6(8)4-10-11(5)3-2-7(9)12/h4H,2-3H2,1H3,(H2,9,12). The average Bonchev–Trinajstić information content (AvgIpc) is 2.30. The summed E-state index contributed by atoms with van der Waals surface area (Å²) in [6.45, 7) is 2.34. The second-order valence-electron chi connectivity index (χ2n) is 2.52. The third-order valence-corrected chi connectivity index (χ3v) is 1.98. The van der Waals surface area contributed by atoms with Crippen molar-refractivity contribution in [3.63, 3.8) is 0 Å². The number of nitrogens with zero attached hydrogens (tertiary/aromatic N) is 2. The number of hydrogen-bond donors (Lipinski definition) is 1. The van der Waals surface area contributed by atoms with Crippen molar-refractivity contribution in [2.75, 3.05) is 0 Å². The van der Waals surface area contributed by atoms with E-state index in [2.05, 4.69) is 5.10 Å². The molecular formula is C7H10ClN3O. The van der Waals surface area contributed by atoms with Gasteiger partial charge in [0.2, 0.25) is 5.91 Å². The Labute approximate surface area is 75.3 Å². The van der Waals surface area contributed by atoms with Crippen LogP contribution in [0.15, 0.2) is 6.20 Å². The largest absolute Gasteiger partial charge is 0.370 e. The molecule has 5 heteroatoms. The molecule has 0 unspecified atom stereocenters. The number of halogens is 1. The molecular weight excluding hydrogens is 178 g/mol. The zero-order valence-electron chi connectivity index (χ0n) is 6.75. The molecule has 1 aromatic heterocycles. The van der Waals surface area contributed by atoms with Gasteiger partial charge in [0.25, 0.3) is 0 Å². The monoisotopic (exact) mass is 187 g/mol. The SMILES string of the molecule is Cc1c(Cl)cnn1CCC(N)=O. The van der Waals surface area contributed by atoms with E-state index < -0.39 is 0 Å². The topological polar surface area (TPSA) is 60.9 Å². The molecule has 0 aliphatic rings. The van der Waals surface area contributed by atoms with Crippen LogP contribution in [0.2, 0.25) is 5.02 Å². The van der Waals surface area contributed by atoms with Crippen LogP contribution in [0.1, 0.15) is 12.1 Å². The lowest BCUT2D eigenvalue weighted by Gasteiger charge is -2.00. The molecule has 0 fully saturated rings. The van der Waals surface area contributed by atoms with Gasteiger partial charge in [-0.15, -0.1) is 0 Å². The van der Waals surface area contributed by atoms with Gasteiger partial charge in [0.1, 0.15) is 0 Å². The Morgan fingerprint density at radius 1 is 1.83 bits per heavy atom. The number of aryl methyl sites for hydroxylation is 1. The lowest BCUT2D eigenvalue weighted by molar-refractivity contribution is -0.118. The minimum Gasteiger partial charge on any atom is -0.370 e. The summed E-state index contributed by atoms with van der Waals surface area (Å²) < 4.78 is 1.66. The molecule has 12 heavy (non-hydrogen) atoms. The Kier molecular flexibility index (Phi) is 2.70. The fourth-order valence-corrected chi connectivity index (χ4v) is 1.01. The van der Waals surface area contributed by atoms with E-state index in [4.69, 9.17) is 17.3 Å². The first-order chi connectivity index (χ1) is 5.61. The number of primary amides is 1. The predicted octanol–water partition coefficient (Wildman–Crippen LogP) is 0.720. The van der Waals surface area contributed by atoms with Gasteiger partial charge in [0, 0.05) is 13.0 Å². The summed E-state index contributed by atoms with van der Waals surface area (Å²) in [5.41, 5.74) is 5.84. The average molecular weight is 188 g/mol. The summed E-state index contributed by atoms with van der Waals surface area (Å²) in [5.74, 6) is -0.332. The molecule has 0 aliphatic carbocycles. The molecule has 0 radical (unpaired) electrons. The molecule has 0 saturated carbocycles. The second-order valence-corrected chi connectivity index (χ2v) is 2.92. The number of carbonyl (C=O) groups excluding carboxylic acids is 1. The van der Waals surface area contributed by atoms with Gasteiger partial charge in [-0.25, -0.2) is 0 Å². The third-order valence-electron chi connectivity index (χ3n) is 1.61. The third kappa shape index (κ3) is 1.98. The molecule has 66 valence electrons. The van der Waals surface area contributed by atoms with E-state index >= 15 is 0 Å². The Morgan fingerprint density at radius 2 is 2.50 bits per heavy atom. The molecule has 1 rings (SSSR count). The van der Waals surface area contributed by atoms with Crippen LogP contribution >= 0.6 is 11.6 Å². The van der Waals surface area contributed by atoms with Crippen LogP contribution in [0.3, 0.4) is 0 Å². The second kappa shape index (κ2) is 3.58. The summed E-state index contributed by atoms with van der Waals surface area (Å²) in [6.07, 6.45) is 1.84. The quantitative estimate of drug-likeness (QED) is 0.758. The van der Waals surface area contributed by atoms with Crippen LogP contribution in [0, 0.1) is 6.92 Å². The molecule has 4 nitrogen and oxygen atoms in total. The Hall–Kier alpha value is -1.03. The van der Waals surface area contributed by atoms with Crippen molar-refractivity contribution >= 4 is 17.5 Å². The predicted molar refractivity (Wildman–Crippen MR) is 45.8 cm³/mol. The van der Waals surface area contributed by atoms with Gasteiger partial charge in [-0.1, -0.05) is 11.6 Å². The van der Waals surface area contributed by atoms with Crippen LogP contribution in [0.4, 0.5) is 0 Å². The number of nitrogens with two attached hydrogens (primary N) is 1. The van der Waals surface area contributed by atoms with E-state index in [1.807, 2.05) is 6.92 Å². The molecule has 1 aromatic rings. The highest BCUT2D eigenvalue weighted by molar-refractivity contribution is 6.31. The van der Waals surface area contributed by atoms with E-state index in [0.717, 1.165) is 5.69 Å². The maximum absolute atomic E-state index is 10.4. The van der Waals surface area contributed by atoms with Crippen LogP contribution in [-0.2, 0) is 11.3 Å². The fourth-order valence-electron chi connectivity index (χ4n) is 0.865. The molecule has 0 bridgehead atoms. The Morgan fingerprint density at radius 3 is 2.92 bits per heavy atom. The van der Waals surface area contributed by atoms with Crippen molar-refractivity contribution in [2.45, 2.75) is 19.9 Å². The smallest absolute Gasteiger partial charge is 0.219 e. The number of amides is 1. The van der Waals surface area contributed by atoms with Crippen molar-refractivity contribution in [1.82, 2.24) is 9.78 Å². The molecule has 0 spiro atoms. The van der Waals surface area contributed by atoms with Crippen molar-refractivity contribution < 1.29 is 4.79 Å². The minimum atomic E-state index is -0.332.